The molecule has 3 aromatic carbocycles. The van der Waals surface area contributed by atoms with Gasteiger partial charge in [0.15, 0.2) is 5.82 Å². The number of anilines is 1. The molecule has 0 saturated heterocycles. The highest BCUT2D eigenvalue weighted by atomic mass is 16.2. The summed E-state index contributed by atoms with van der Waals surface area (Å²) in [4.78, 5) is 22.7. The molecule has 5 aromatic rings. The molecule has 6 nitrogen and oxygen atoms in total. The maximum Gasteiger partial charge on any atom is 0.237 e. The fourth-order valence-corrected chi connectivity index (χ4v) is 4.48. The van der Waals surface area contributed by atoms with Crippen LogP contribution in [0.1, 0.15) is 26.3 Å². The minimum atomic E-state index is -0.553. The molecule has 168 valence electrons. The molecule has 2 aromatic heterocycles. The largest absolute Gasteiger partial charge is 0.337 e. The predicted octanol–water partition coefficient (Wildman–Crippen LogP) is 5.35. The SMILES string of the molecule is C#Cn1nc(-c2nc3cc4c(cc3[nH]2)C(C)(C)C(=O)N4CC)c2ccccc21.c1ccccc1. The van der Waals surface area contributed by atoms with Gasteiger partial charge in [0, 0.05) is 18.0 Å². The zero-order chi connectivity index (χ0) is 23.9. The Morgan fingerprint density at radius 3 is 2.35 bits per heavy atom. The van der Waals surface area contributed by atoms with Crippen LogP contribution in [0.2, 0.25) is 0 Å². The first-order chi connectivity index (χ1) is 16.5. The molecular weight excluding hydrogens is 422 g/mol. The number of hydrogen-bond donors (Lipinski definition) is 1. The van der Waals surface area contributed by atoms with Gasteiger partial charge in [0.1, 0.15) is 5.69 Å². The van der Waals surface area contributed by atoms with Crippen molar-refractivity contribution in [2.24, 2.45) is 0 Å². The van der Waals surface area contributed by atoms with Crippen molar-refractivity contribution in [3.05, 3.63) is 78.4 Å². The number of fused-ring (bicyclic) bond motifs is 3. The number of benzene rings is 3. The third-order valence-corrected chi connectivity index (χ3v) is 6.26. The number of hydrogen-bond acceptors (Lipinski definition) is 3. The highest BCUT2D eigenvalue weighted by Crippen LogP contribution is 2.43. The molecule has 6 rings (SSSR count). The first kappa shape index (κ1) is 21.5. The minimum Gasteiger partial charge on any atom is -0.337 e. The maximum atomic E-state index is 12.8. The predicted molar refractivity (Wildman–Crippen MR) is 137 cm³/mol. The third kappa shape index (κ3) is 3.34. The fraction of sp³-hybridized carbons (Fsp3) is 0.179. The topological polar surface area (TPSA) is 66.8 Å². The van der Waals surface area contributed by atoms with E-state index < -0.39 is 5.41 Å². The molecule has 0 aliphatic carbocycles. The van der Waals surface area contributed by atoms with Crippen LogP contribution in [0.25, 0.3) is 33.5 Å². The molecule has 0 unspecified atom stereocenters. The van der Waals surface area contributed by atoms with E-state index in [1.165, 1.54) is 4.68 Å². The van der Waals surface area contributed by atoms with Crippen LogP contribution in [0.5, 0.6) is 0 Å². The molecular formula is C28H25N5O. The van der Waals surface area contributed by atoms with Gasteiger partial charge in [-0.15, -0.1) is 0 Å². The molecule has 0 spiro atoms. The van der Waals surface area contributed by atoms with Gasteiger partial charge < -0.3 is 9.88 Å². The molecule has 0 radical (unpaired) electrons. The van der Waals surface area contributed by atoms with Crippen molar-refractivity contribution in [2.75, 3.05) is 11.4 Å². The third-order valence-electron chi connectivity index (χ3n) is 6.26. The van der Waals surface area contributed by atoms with Crippen LogP contribution < -0.4 is 4.90 Å². The van der Waals surface area contributed by atoms with Gasteiger partial charge in [-0.2, -0.15) is 9.78 Å². The highest BCUT2D eigenvalue weighted by Gasteiger charge is 2.43. The van der Waals surface area contributed by atoms with Gasteiger partial charge in [0.2, 0.25) is 5.91 Å². The first-order valence-electron chi connectivity index (χ1n) is 11.3. The van der Waals surface area contributed by atoms with Crippen LogP contribution in [0.4, 0.5) is 5.69 Å². The Morgan fingerprint density at radius 1 is 1.03 bits per heavy atom. The second kappa shape index (κ2) is 8.20. The Labute approximate surface area is 198 Å². The standard InChI is InChI=1S/C22H19N5O.C6H6/c1-5-26-18-12-16-15(11-14(18)22(3,4)21(26)28)23-20(24-16)19-13-9-7-8-10-17(13)27(6-2)25-19;1-2-4-6-5-3-1/h2,7-12H,5H2,1,3-4H3,(H,23,24);1-6H. The number of H-pyrrole nitrogens is 1. The lowest BCUT2D eigenvalue weighted by molar-refractivity contribution is -0.122. The van der Waals surface area contributed by atoms with Crippen LogP contribution in [0.15, 0.2) is 72.8 Å². The average molecular weight is 448 g/mol. The van der Waals surface area contributed by atoms with E-state index in [1.807, 2.05) is 98.5 Å². The molecule has 1 aliphatic rings. The maximum absolute atomic E-state index is 12.8. The Hall–Kier alpha value is -4.37. The number of imidazole rings is 1. The number of carbonyl (C=O) groups is 1. The van der Waals surface area contributed by atoms with Crippen molar-refractivity contribution < 1.29 is 4.79 Å². The van der Waals surface area contributed by atoms with Crippen molar-refractivity contribution in [2.45, 2.75) is 26.2 Å². The zero-order valence-electron chi connectivity index (χ0n) is 19.4. The number of nitrogens with one attached hydrogen (secondary N) is 1. The Balaban J connectivity index is 0.000000351. The summed E-state index contributed by atoms with van der Waals surface area (Å²) in [6.45, 7) is 6.56. The van der Waals surface area contributed by atoms with E-state index in [-0.39, 0.29) is 5.91 Å². The monoisotopic (exact) mass is 447 g/mol. The van der Waals surface area contributed by atoms with Crippen LogP contribution in [-0.4, -0.2) is 32.2 Å². The second-order valence-electron chi connectivity index (χ2n) is 8.71. The first-order valence-corrected chi connectivity index (χ1v) is 11.3. The molecule has 1 amide bonds. The quantitative estimate of drug-likeness (QED) is 0.371. The summed E-state index contributed by atoms with van der Waals surface area (Å²) in [5.41, 5.74) is 4.66. The number of nitrogens with zero attached hydrogens (tertiary/aromatic N) is 4. The number of likely N-dealkylation sites (N-methyl/N-ethyl adjacent to an activating group) is 1. The second-order valence-corrected chi connectivity index (χ2v) is 8.71. The van der Waals surface area contributed by atoms with Gasteiger partial charge in [-0.3, -0.25) is 4.79 Å². The van der Waals surface area contributed by atoms with E-state index >= 15 is 0 Å². The van der Waals surface area contributed by atoms with Gasteiger partial charge in [-0.05, 0) is 44.5 Å². The summed E-state index contributed by atoms with van der Waals surface area (Å²) in [6, 6.07) is 26.4. The summed E-state index contributed by atoms with van der Waals surface area (Å²) >= 11 is 0. The smallest absolute Gasteiger partial charge is 0.237 e. The van der Waals surface area contributed by atoms with Gasteiger partial charge in [-0.1, -0.05) is 61.0 Å². The Morgan fingerprint density at radius 2 is 1.71 bits per heavy atom. The molecule has 0 saturated carbocycles. The summed E-state index contributed by atoms with van der Waals surface area (Å²) in [5.74, 6) is 0.785. The Kier molecular flexibility index (Phi) is 5.18. The Bertz CT molecular complexity index is 1530. The van der Waals surface area contributed by atoms with Gasteiger partial charge in [0.05, 0.1) is 27.7 Å². The van der Waals surface area contributed by atoms with E-state index in [1.54, 1.807) is 0 Å². The van der Waals surface area contributed by atoms with Crippen molar-refractivity contribution in [1.82, 2.24) is 19.7 Å². The molecule has 1 aliphatic heterocycles. The minimum absolute atomic E-state index is 0.122. The van der Waals surface area contributed by atoms with Crippen LogP contribution in [0, 0.1) is 12.5 Å². The highest BCUT2D eigenvalue weighted by molar-refractivity contribution is 6.09. The number of rotatable bonds is 2. The number of terminal acetylenes is 1. The molecule has 34 heavy (non-hydrogen) atoms. The lowest BCUT2D eigenvalue weighted by atomic mass is 9.86. The normalized spacial score (nSPS) is 14.1. The average Bonchev–Trinajstić information content (AvgIpc) is 3.50. The van der Waals surface area contributed by atoms with E-state index in [4.69, 9.17) is 11.4 Å². The lowest BCUT2D eigenvalue weighted by Gasteiger charge is -2.18. The van der Waals surface area contributed by atoms with Crippen molar-refractivity contribution >= 4 is 33.5 Å². The van der Waals surface area contributed by atoms with Crippen LogP contribution >= 0.6 is 0 Å². The van der Waals surface area contributed by atoms with Crippen LogP contribution in [-0.2, 0) is 10.2 Å². The summed E-state index contributed by atoms with van der Waals surface area (Å²) in [6.07, 6.45) is 5.60. The summed E-state index contributed by atoms with van der Waals surface area (Å²) < 4.78 is 1.53. The van der Waals surface area contributed by atoms with Crippen molar-refractivity contribution in [3.63, 3.8) is 0 Å². The van der Waals surface area contributed by atoms with Crippen molar-refractivity contribution in [1.29, 1.82) is 0 Å². The molecule has 0 fully saturated rings. The molecule has 3 heterocycles. The summed E-state index contributed by atoms with van der Waals surface area (Å²) in [7, 11) is 0. The van der Waals surface area contributed by atoms with Gasteiger partial charge in [0.25, 0.3) is 0 Å². The van der Waals surface area contributed by atoms with E-state index in [0.29, 0.717) is 18.1 Å². The van der Waals surface area contributed by atoms with E-state index in [2.05, 4.69) is 16.1 Å². The number of aromatic nitrogens is 4. The van der Waals surface area contributed by atoms with Gasteiger partial charge >= 0.3 is 0 Å². The number of para-hydroxylation sites is 1. The number of amides is 1. The van der Waals surface area contributed by atoms with Crippen molar-refractivity contribution in [3.8, 4) is 24.0 Å². The van der Waals surface area contributed by atoms with E-state index in [9.17, 15) is 4.79 Å². The summed E-state index contributed by atoms with van der Waals surface area (Å²) in [5, 5.41) is 5.49. The van der Waals surface area contributed by atoms with E-state index in [0.717, 1.165) is 33.2 Å². The fourth-order valence-electron chi connectivity index (χ4n) is 4.48. The molecule has 6 heteroatoms. The number of carbonyl (C=O) groups excluding carboxylic acids is 1. The molecule has 1 N–H and O–H groups in total. The lowest BCUT2D eigenvalue weighted by Crippen LogP contribution is -2.35. The zero-order valence-corrected chi connectivity index (χ0v) is 19.4. The molecule has 0 atom stereocenters. The van der Waals surface area contributed by atoms with Crippen LogP contribution in [0.3, 0.4) is 0 Å². The number of aromatic amines is 1. The molecule has 0 bridgehead atoms. The van der Waals surface area contributed by atoms with Gasteiger partial charge in [-0.25, -0.2) is 4.98 Å².